The molecule has 0 aromatic heterocycles. The first-order valence-electron chi connectivity index (χ1n) is 5.10. The predicted molar refractivity (Wildman–Crippen MR) is 58.2 cm³/mol. The van der Waals surface area contributed by atoms with Crippen molar-refractivity contribution >= 4 is 11.6 Å². The van der Waals surface area contributed by atoms with Crippen molar-refractivity contribution < 1.29 is 9.59 Å². The zero-order valence-corrected chi connectivity index (χ0v) is 9.26. The third-order valence-corrected chi connectivity index (χ3v) is 3.00. The Morgan fingerprint density at radius 2 is 1.87 bits per heavy atom. The van der Waals surface area contributed by atoms with Crippen LogP contribution in [0.25, 0.3) is 0 Å². The van der Waals surface area contributed by atoms with Crippen LogP contribution in [0.2, 0.25) is 0 Å². The number of ketones is 2. The molecule has 1 aliphatic rings. The molecule has 2 nitrogen and oxygen atoms in total. The van der Waals surface area contributed by atoms with Crippen molar-refractivity contribution in [1.29, 1.82) is 0 Å². The molecule has 0 fully saturated rings. The van der Waals surface area contributed by atoms with Gasteiger partial charge >= 0.3 is 0 Å². The Balaban J connectivity index is 2.69. The summed E-state index contributed by atoms with van der Waals surface area (Å²) < 4.78 is 0. The molecule has 2 rings (SSSR count). The molecule has 0 heterocycles. The molecule has 78 valence electrons. The molecule has 0 radical (unpaired) electrons. The van der Waals surface area contributed by atoms with Gasteiger partial charge in [0.25, 0.3) is 0 Å². The standard InChI is InChI=1S/C13H14O2/c1-8-4-5-10-9(6-8)12(15)11(14)7-13(10,2)3/h4-6H,7H2,1-3H3. The van der Waals surface area contributed by atoms with E-state index in [4.69, 9.17) is 0 Å². The monoisotopic (exact) mass is 202 g/mol. The number of fused-ring (bicyclic) bond motifs is 1. The Morgan fingerprint density at radius 3 is 2.53 bits per heavy atom. The largest absolute Gasteiger partial charge is 0.290 e. The Hall–Kier alpha value is -1.44. The second-order valence-corrected chi connectivity index (χ2v) is 4.86. The minimum atomic E-state index is -0.326. The number of hydrogen-bond donors (Lipinski definition) is 0. The molecule has 0 saturated heterocycles. The van der Waals surface area contributed by atoms with Gasteiger partial charge in [0.05, 0.1) is 0 Å². The number of aryl methyl sites for hydroxylation is 1. The van der Waals surface area contributed by atoms with E-state index in [-0.39, 0.29) is 17.0 Å². The molecule has 15 heavy (non-hydrogen) atoms. The fourth-order valence-corrected chi connectivity index (χ4v) is 2.16. The second-order valence-electron chi connectivity index (χ2n) is 4.86. The van der Waals surface area contributed by atoms with Gasteiger partial charge in [0.15, 0.2) is 0 Å². The molecule has 1 aliphatic carbocycles. The predicted octanol–water partition coefficient (Wildman–Crippen LogP) is 2.43. The average Bonchev–Trinajstić information content (AvgIpc) is 2.13. The zero-order valence-electron chi connectivity index (χ0n) is 9.26. The van der Waals surface area contributed by atoms with Crippen LogP contribution in [0, 0.1) is 6.92 Å². The van der Waals surface area contributed by atoms with Gasteiger partial charge in [-0.05, 0) is 24.0 Å². The third kappa shape index (κ3) is 1.50. The lowest BCUT2D eigenvalue weighted by Gasteiger charge is -2.30. The van der Waals surface area contributed by atoms with Crippen LogP contribution < -0.4 is 0 Å². The molecule has 0 bridgehead atoms. The average molecular weight is 202 g/mol. The van der Waals surface area contributed by atoms with Crippen LogP contribution in [-0.4, -0.2) is 11.6 Å². The molecule has 0 atom stereocenters. The number of carbonyl (C=O) groups is 2. The SMILES string of the molecule is Cc1ccc2c(c1)C(=O)C(=O)CC2(C)C. The number of hydrogen-bond acceptors (Lipinski definition) is 2. The molecule has 2 heteroatoms. The third-order valence-electron chi connectivity index (χ3n) is 3.00. The summed E-state index contributed by atoms with van der Waals surface area (Å²) >= 11 is 0. The Labute approximate surface area is 89.3 Å². The Kier molecular flexibility index (Phi) is 2.03. The van der Waals surface area contributed by atoms with Crippen molar-refractivity contribution in [1.82, 2.24) is 0 Å². The van der Waals surface area contributed by atoms with Crippen molar-refractivity contribution in [3.05, 3.63) is 34.9 Å². The van der Waals surface area contributed by atoms with E-state index in [9.17, 15) is 9.59 Å². The molecule has 0 unspecified atom stereocenters. The fraction of sp³-hybridized carbons (Fsp3) is 0.385. The molecular formula is C13H14O2. The first-order chi connectivity index (χ1) is 6.92. The molecule has 0 spiro atoms. The van der Waals surface area contributed by atoms with Crippen LogP contribution in [0.15, 0.2) is 18.2 Å². The van der Waals surface area contributed by atoms with Gasteiger partial charge in [0.2, 0.25) is 11.6 Å². The first kappa shape index (κ1) is 10.1. The number of carbonyl (C=O) groups excluding carboxylic acids is 2. The highest BCUT2D eigenvalue weighted by molar-refractivity contribution is 6.45. The van der Waals surface area contributed by atoms with Gasteiger partial charge in [-0.25, -0.2) is 0 Å². The molecule has 1 aromatic rings. The van der Waals surface area contributed by atoms with Gasteiger partial charge in [0, 0.05) is 12.0 Å². The lowest BCUT2D eigenvalue weighted by Crippen LogP contribution is -2.34. The van der Waals surface area contributed by atoms with E-state index in [1.54, 1.807) is 0 Å². The number of Topliss-reactive ketones (excluding diaryl/α,β-unsaturated/α-hetero) is 2. The Bertz CT molecular complexity index is 456. The van der Waals surface area contributed by atoms with E-state index in [0.29, 0.717) is 12.0 Å². The van der Waals surface area contributed by atoms with Crippen LogP contribution in [0.1, 0.15) is 41.8 Å². The van der Waals surface area contributed by atoms with E-state index < -0.39 is 0 Å². The van der Waals surface area contributed by atoms with Crippen molar-refractivity contribution in [2.75, 3.05) is 0 Å². The van der Waals surface area contributed by atoms with Crippen LogP contribution in [-0.2, 0) is 10.2 Å². The van der Waals surface area contributed by atoms with E-state index in [1.165, 1.54) is 0 Å². The van der Waals surface area contributed by atoms with Crippen molar-refractivity contribution in [3.8, 4) is 0 Å². The minimum absolute atomic E-state index is 0.214. The van der Waals surface area contributed by atoms with E-state index in [2.05, 4.69) is 0 Å². The summed E-state index contributed by atoms with van der Waals surface area (Å²) in [5.41, 5.74) is 2.40. The summed E-state index contributed by atoms with van der Waals surface area (Å²) in [5.74, 6) is -0.592. The zero-order chi connectivity index (χ0) is 11.2. The highest BCUT2D eigenvalue weighted by Gasteiger charge is 2.36. The van der Waals surface area contributed by atoms with Crippen molar-refractivity contribution in [2.45, 2.75) is 32.6 Å². The normalized spacial score (nSPS) is 18.9. The van der Waals surface area contributed by atoms with Crippen LogP contribution in [0.5, 0.6) is 0 Å². The second kappa shape index (κ2) is 3.02. The van der Waals surface area contributed by atoms with E-state index >= 15 is 0 Å². The molecule has 0 N–H and O–H groups in total. The summed E-state index contributed by atoms with van der Waals surface area (Å²) in [6.45, 7) is 5.94. The van der Waals surface area contributed by atoms with Gasteiger partial charge in [0.1, 0.15) is 0 Å². The fourth-order valence-electron chi connectivity index (χ4n) is 2.16. The maximum atomic E-state index is 11.7. The number of rotatable bonds is 0. The maximum Gasteiger partial charge on any atom is 0.228 e. The lowest BCUT2D eigenvalue weighted by molar-refractivity contribution is -0.116. The van der Waals surface area contributed by atoms with Crippen LogP contribution in [0.3, 0.4) is 0 Å². The van der Waals surface area contributed by atoms with Gasteiger partial charge in [-0.3, -0.25) is 9.59 Å². The van der Waals surface area contributed by atoms with Gasteiger partial charge in [-0.1, -0.05) is 31.5 Å². The highest BCUT2D eigenvalue weighted by atomic mass is 16.2. The minimum Gasteiger partial charge on any atom is -0.290 e. The van der Waals surface area contributed by atoms with Crippen LogP contribution >= 0.6 is 0 Å². The summed E-state index contributed by atoms with van der Waals surface area (Å²) in [7, 11) is 0. The lowest BCUT2D eigenvalue weighted by atomic mass is 9.71. The van der Waals surface area contributed by atoms with E-state index in [1.807, 2.05) is 39.0 Å². The van der Waals surface area contributed by atoms with Gasteiger partial charge in [-0.2, -0.15) is 0 Å². The highest BCUT2D eigenvalue weighted by Crippen LogP contribution is 2.35. The smallest absolute Gasteiger partial charge is 0.228 e. The molecule has 1 aromatic carbocycles. The Morgan fingerprint density at radius 1 is 1.20 bits per heavy atom. The maximum absolute atomic E-state index is 11.7. The summed E-state index contributed by atoms with van der Waals surface area (Å²) in [5, 5.41) is 0. The van der Waals surface area contributed by atoms with Gasteiger partial charge in [-0.15, -0.1) is 0 Å². The summed E-state index contributed by atoms with van der Waals surface area (Å²) in [6, 6.07) is 5.77. The summed E-state index contributed by atoms with van der Waals surface area (Å²) in [6.07, 6.45) is 0.321. The van der Waals surface area contributed by atoms with Crippen molar-refractivity contribution in [2.24, 2.45) is 0 Å². The number of benzene rings is 1. The quantitative estimate of drug-likeness (QED) is 0.605. The molecule has 0 amide bonds. The van der Waals surface area contributed by atoms with E-state index in [0.717, 1.165) is 11.1 Å². The van der Waals surface area contributed by atoms with Crippen LogP contribution in [0.4, 0.5) is 0 Å². The molecule has 0 saturated carbocycles. The topological polar surface area (TPSA) is 34.1 Å². The van der Waals surface area contributed by atoms with Crippen molar-refractivity contribution in [3.63, 3.8) is 0 Å². The molecule has 0 aliphatic heterocycles. The first-order valence-corrected chi connectivity index (χ1v) is 5.10. The summed E-state index contributed by atoms with van der Waals surface area (Å²) in [4.78, 5) is 23.2. The van der Waals surface area contributed by atoms with Gasteiger partial charge < -0.3 is 0 Å². The molecular weight excluding hydrogens is 188 g/mol.